The van der Waals surface area contributed by atoms with Crippen molar-refractivity contribution in [3.63, 3.8) is 0 Å². The third kappa shape index (κ3) is 4.43. The zero-order valence-electron chi connectivity index (χ0n) is 12.8. The van der Waals surface area contributed by atoms with E-state index in [2.05, 4.69) is 15.5 Å². The number of rotatable bonds is 5. The highest BCUT2D eigenvalue weighted by molar-refractivity contribution is 6.30. The van der Waals surface area contributed by atoms with Crippen LogP contribution < -0.4 is 10.6 Å². The summed E-state index contributed by atoms with van der Waals surface area (Å²) in [5, 5.41) is 7.06. The van der Waals surface area contributed by atoms with Crippen molar-refractivity contribution in [2.45, 2.75) is 19.3 Å². The Kier molecular flexibility index (Phi) is 5.62. The van der Waals surface area contributed by atoms with Gasteiger partial charge in [-0.1, -0.05) is 23.7 Å². The topological polar surface area (TPSA) is 44.4 Å². The Bertz CT molecular complexity index is 467. The maximum atomic E-state index is 12.4. The monoisotopic (exact) mass is 309 g/mol. The summed E-state index contributed by atoms with van der Waals surface area (Å²) in [7, 11) is 0. The van der Waals surface area contributed by atoms with Gasteiger partial charge in [0.25, 0.3) is 0 Å². The predicted molar refractivity (Wildman–Crippen MR) is 86.8 cm³/mol. The van der Waals surface area contributed by atoms with E-state index in [1.54, 1.807) is 0 Å². The lowest BCUT2D eigenvalue weighted by Gasteiger charge is -2.28. The van der Waals surface area contributed by atoms with Crippen LogP contribution in [-0.4, -0.2) is 50.1 Å². The maximum absolute atomic E-state index is 12.4. The van der Waals surface area contributed by atoms with Crippen LogP contribution in [0.4, 0.5) is 0 Å². The third-order valence-electron chi connectivity index (χ3n) is 4.06. The molecule has 2 rings (SSSR count). The van der Waals surface area contributed by atoms with Crippen molar-refractivity contribution >= 4 is 17.5 Å². The van der Waals surface area contributed by atoms with Gasteiger partial charge in [0.15, 0.2) is 0 Å². The molecule has 21 heavy (non-hydrogen) atoms. The van der Waals surface area contributed by atoms with E-state index in [0.29, 0.717) is 11.6 Å². The van der Waals surface area contributed by atoms with Gasteiger partial charge in [-0.2, -0.15) is 0 Å². The Balaban J connectivity index is 1.84. The SMILES string of the molecule is CC(C)(C(=O)NCCN1CCNCC1)c1ccc(Cl)cc1. The smallest absolute Gasteiger partial charge is 0.230 e. The fraction of sp³-hybridized carbons (Fsp3) is 0.562. The molecule has 1 saturated heterocycles. The van der Waals surface area contributed by atoms with Crippen molar-refractivity contribution in [2.75, 3.05) is 39.3 Å². The van der Waals surface area contributed by atoms with Crippen molar-refractivity contribution in [2.24, 2.45) is 0 Å². The van der Waals surface area contributed by atoms with Gasteiger partial charge >= 0.3 is 0 Å². The number of hydrogen-bond acceptors (Lipinski definition) is 3. The predicted octanol–water partition coefficient (Wildman–Crippen LogP) is 1.64. The standard InChI is InChI=1S/C16H24ClN3O/c1-16(2,13-3-5-14(17)6-4-13)15(21)19-9-12-20-10-7-18-8-11-20/h3-6,18H,7-12H2,1-2H3,(H,19,21). The number of halogens is 1. The average molecular weight is 310 g/mol. The van der Waals surface area contributed by atoms with E-state index in [9.17, 15) is 4.79 Å². The molecule has 5 heteroatoms. The number of nitrogens with one attached hydrogen (secondary N) is 2. The van der Waals surface area contributed by atoms with Crippen LogP contribution in [0.25, 0.3) is 0 Å². The summed E-state index contributed by atoms with van der Waals surface area (Å²) in [6, 6.07) is 7.48. The lowest BCUT2D eigenvalue weighted by molar-refractivity contribution is -0.125. The molecule has 1 fully saturated rings. The number of amides is 1. The van der Waals surface area contributed by atoms with E-state index < -0.39 is 5.41 Å². The summed E-state index contributed by atoms with van der Waals surface area (Å²) in [4.78, 5) is 14.8. The molecule has 1 amide bonds. The second-order valence-electron chi connectivity index (χ2n) is 5.98. The van der Waals surface area contributed by atoms with E-state index in [-0.39, 0.29) is 5.91 Å². The molecule has 0 aromatic heterocycles. The summed E-state index contributed by atoms with van der Waals surface area (Å²) in [5.74, 6) is 0.0555. The van der Waals surface area contributed by atoms with Crippen molar-refractivity contribution in [1.82, 2.24) is 15.5 Å². The van der Waals surface area contributed by atoms with E-state index in [0.717, 1.165) is 38.3 Å². The molecule has 0 radical (unpaired) electrons. The van der Waals surface area contributed by atoms with Gasteiger partial charge in [-0.15, -0.1) is 0 Å². The van der Waals surface area contributed by atoms with Crippen LogP contribution >= 0.6 is 11.6 Å². The minimum atomic E-state index is -0.548. The Morgan fingerprint density at radius 1 is 1.29 bits per heavy atom. The summed E-state index contributed by atoms with van der Waals surface area (Å²) in [6.45, 7) is 9.65. The molecule has 0 bridgehead atoms. The van der Waals surface area contributed by atoms with Gasteiger partial charge < -0.3 is 10.6 Å². The first-order valence-corrected chi connectivity index (χ1v) is 7.85. The maximum Gasteiger partial charge on any atom is 0.230 e. The molecule has 0 atom stereocenters. The zero-order valence-corrected chi connectivity index (χ0v) is 13.5. The van der Waals surface area contributed by atoms with Gasteiger partial charge in [-0.25, -0.2) is 0 Å². The Morgan fingerprint density at radius 2 is 1.90 bits per heavy atom. The molecule has 0 aliphatic carbocycles. The van der Waals surface area contributed by atoms with Crippen molar-refractivity contribution in [1.29, 1.82) is 0 Å². The van der Waals surface area contributed by atoms with Gasteiger partial charge in [0.05, 0.1) is 5.41 Å². The number of carbonyl (C=O) groups excluding carboxylic acids is 1. The van der Waals surface area contributed by atoms with Crippen LogP contribution in [0, 0.1) is 0 Å². The Morgan fingerprint density at radius 3 is 2.52 bits per heavy atom. The van der Waals surface area contributed by atoms with E-state index in [1.165, 1.54) is 0 Å². The lowest BCUT2D eigenvalue weighted by atomic mass is 9.84. The highest BCUT2D eigenvalue weighted by Gasteiger charge is 2.29. The summed E-state index contributed by atoms with van der Waals surface area (Å²) in [6.07, 6.45) is 0. The van der Waals surface area contributed by atoms with Crippen LogP contribution in [0.5, 0.6) is 0 Å². The van der Waals surface area contributed by atoms with Crippen LogP contribution in [-0.2, 0) is 10.2 Å². The molecule has 1 aromatic carbocycles. The second-order valence-corrected chi connectivity index (χ2v) is 6.42. The molecule has 2 N–H and O–H groups in total. The van der Waals surface area contributed by atoms with E-state index >= 15 is 0 Å². The van der Waals surface area contributed by atoms with Gasteiger partial charge in [-0.05, 0) is 31.5 Å². The molecule has 1 heterocycles. The molecule has 1 aliphatic heterocycles. The molecular formula is C16H24ClN3O. The first-order valence-electron chi connectivity index (χ1n) is 7.47. The number of carbonyl (C=O) groups is 1. The van der Waals surface area contributed by atoms with Crippen molar-refractivity contribution in [3.8, 4) is 0 Å². The molecule has 4 nitrogen and oxygen atoms in total. The largest absolute Gasteiger partial charge is 0.354 e. The second kappa shape index (κ2) is 7.25. The molecule has 0 spiro atoms. The first kappa shape index (κ1) is 16.3. The normalized spacial score (nSPS) is 16.7. The number of hydrogen-bond donors (Lipinski definition) is 2. The highest BCUT2D eigenvalue weighted by Crippen LogP contribution is 2.24. The fourth-order valence-corrected chi connectivity index (χ4v) is 2.61. The highest BCUT2D eigenvalue weighted by atomic mass is 35.5. The molecule has 1 aliphatic rings. The summed E-state index contributed by atoms with van der Waals surface area (Å²) in [5.41, 5.74) is 0.431. The van der Waals surface area contributed by atoms with Crippen molar-refractivity contribution < 1.29 is 4.79 Å². The molecule has 0 saturated carbocycles. The summed E-state index contributed by atoms with van der Waals surface area (Å²) >= 11 is 5.90. The minimum Gasteiger partial charge on any atom is -0.354 e. The summed E-state index contributed by atoms with van der Waals surface area (Å²) < 4.78 is 0. The molecule has 116 valence electrons. The zero-order chi connectivity index (χ0) is 15.3. The number of benzene rings is 1. The van der Waals surface area contributed by atoms with Gasteiger partial charge in [-0.3, -0.25) is 9.69 Å². The number of piperazine rings is 1. The quantitative estimate of drug-likeness (QED) is 0.869. The number of nitrogens with zero attached hydrogens (tertiary/aromatic N) is 1. The van der Waals surface area contributed by atoms with Crippen LogP contribution in [0.2, 0.25) is 5.02 Å². The Labute approximate surface area is 131 Å². The average Bonchev–Trinajstić information content (AvgIpc) is 2.48. The third-order valence-corrected chi connectivity index (χ3v) is 4.31. The van der Waals surface area contributed by atoms with Crippen LogP contribution in [0.15, 0.2) is 24.3 Å². The van der Waals surface area contributed by atoms with Gasteiger partial charge in [0.1, 0.15) is 0 Å². The van der Waals surface area contributed by atoms with Crippen molar-refractivity contribution in [3.05, 3.63) is 34.9 Å². The minimum absolute atomic E-state index is 0.0555. The first-order chi connectivity index (χ1) is 10.00. The van der Waals surface area contributed by atoms with Crippen LogP contribution in [0.3, 0.4) is 0 Å². The van der Waals surface area contributed by atoms with E-state index in [4.69, 9.17) is 11.6 Å². The molecule has 1 aromatic rings. The van der Waals surface area contributed by atoms with Gasteiger partial charge in [0.2, 0.25) is 5.91 Å². The van der Waals surface area contributed by atoms with Crippen LogP contribution in [0.1, 0.15) is 19.4 Å². The molecule has 0 unspecified atom stereocenters. The fourth-order valence-electron chi connectivity index (χ4n) is 2.48. The van der Waals surface area contributed by atoms with Gasteiger partial charge in [0, 0.05) is 44.3 Å². The lowest BCUT2D eigenvalue weighted by Crippen LogP contribution is -2.48. The Hall–Kier alpha value is -1.10. The molecular weight excluding hydrogens is 286 g/mol. The van der Waals surface area contributed by atoms with E-state index in [1.807, 2.05) is 38.1 Å².